The number of benzene rings is 1. The normalized spacial score (nSPS) is 20.7. The molecule has 25 heavy (non-hydrogen) atoms. The van der Waals surface area contributed by atoms with Crippen molar-refractivity contribution in [2.75, 3.05) is 13.1 Å². The third-order valence-corrected chi connectivity index (χ3v) is 4.98. The predicted octanol–water partition coefficient (Wildman–Crippen LogP) is 3.03. The van der Waals surface area contributed by atoms with Crippen LogP contribution in [0.3, 0.4) is 0 Å². The number of carbonyl (C=O) groups is 1. The molecule has 2 atom stereocenters. The first-order valence-corrected chi connectivity index (χ1v) is 9.14. The van der Waals surface area contributed by atoms with Crippen molar-refractivity contribution in [3.8, 4) is 5.69 Å². The molecule has 1 aromatic heterocycles. The molecule has 0 radical (unpaired) electrons. The van der Waals surface area contributed by atoms with Crippen LogP contribution in [-0.4, -0.2) is 34.8 Å². The molecule has 5 nitrogen and oxygen atoms in total. The number of amides is 1. The lowest BCUT2D eigenvalue weighted by atomic mass is 9.94. The maximum atomic E-state index is 12.9. The largest absolute Gasteiger partial charge is 0.349 e. The minimum Gasteiger partial charge on any atom is -0.349 e. The van der Waals surface area contributed by atoms with E-state index in [1.54, 1.807) is 6.20 Å². The van der Waals surface area contributed by atoms with Crippen molar-refractivity contribution in [1.82, 2.24) is 20.4 Å². The quantitative estimate of drug-likeness (QED) is 0.899. The van der Waals surface area contributed by atoms with Gasteiger partial charge in [0.1, 0.15) is 0 Å². The van der Waals surface area contributed by atoms with E-state index in [1.807, 2.05) is 16.8 Å². The van der Waals surface area contributed by atoms with Gasteiger partial charge in [-0.25, -0.2) is 4.68 Å². The summed E-state index contributed by atoms with van der Waals surface area (Å²) in [7, 11) is 0. The van der Waals surface area contributed by atoms with E-state index in [0.717, 1.165) is 30.9 Å². The number of nitrogens with zero attached hydrogens (tertiary/aromatic N) is 2. The monoisotopic (exact) mass is 340 g/mol. The van der Waals surface area contributed by atoms with Gasteiger partial charge in [-0.3, -0.25) is 4.79 Å². The van der Waals surface area contributed by atoms with E-state index in [9.17, 15) is 4.79 Å². The van der Waals surface area contributed by atoms with E-state index < -0.39 is 0 Å². The Morgan fingerprint density at radius 1 is 1.32 bits per heavy atom. The minimum atomic E-state index is -0.0131. The van der Waals surface area contributed by atoms with Crippen LogP contribution >= 0.6 is 0 Å². The van der Waals surface area contributed by atoms with Crippen LogP contribution in [0.1, 0.15) is 54.7 Å². The van der Waals surface area contributed by atoms with Crippen molar-refractivity contribution in [3.63, 3.8) is 0 Å². The van der Waals surface area contributed by atoms with Gasteiger partial charge in [0, 0.05) is 6.04 Å². The van der Waals surface area contributed by atoms with Gasteiger partial charge in [0.15, 0.2) is 0 Å². The second-order valence-electron chi connectivity index (χ2n) is 7.40. The van der Waals surface area contributed by atoms with Gasteiger partial charge < -0.3 is 10.6 Å². The second kappa shape index (κ2) is 7.40. The molecule has 1 saturated heterocycles. The number of nitrogens with one attached hydrogen (secondary N) is 2. The molecule has 1 aromatic carbocycles. The lowest BCUT2D eigenvalue weighted by Gasteiger charge is -2.30. The summed E-state index contributed by atoms with van der Waals surface area (Å²) in [4.78, 5) is 12.9. The van der Waals surface area contributed by atoms with E-state index in [1.165, 1.54) is 5.56 Å². The molecule has 3 rings (SSSR count). The van der Waals surface area contributed by atoms with Gasteiger partial charge in [0.2, 0.25) is 0 Å². The number of aryl methyl sites for hydroxylation is 1. The standard InChI is InChI=1S/C20H28N4O/c1-13(2)19-17(20(25)23-18-9-10-21-11-15(18)4)12-22-24(19)16-7-5-14(3)6-8-16/h5-8,12-13,15,18,21H,9-11H2,1-4H3,(H,23,25). The molecule has 1 amide bonds. The molecule has 0 spiro atoms. The lowest BCUT2D eigenvalue weighted by molar-refractivity contribution is 0.0913. The Bertz CT molecular complexity index is 733. The zero-order valence-electron chi connectivity index (χ0n) is 15.5. The first-order valence-electron chi connectivity index (χ1n) is 9.14. The molecule has 0 bridgehead atoms. The van der Waals surface area contributed by atoms with Crippen molar-refractivity contribution in [3.05, 3.63) is 47.3 Å². The number of hydrogen-bond acceptors (Lipinski definition) is 3. The highest BCUT2D eigenvalue weighted by molar-refractivity contribution is 5.95. The zero-order chi connectivity index (χ0) is 18.0. The van der Waals surface area contributed by atoms with Crippen molar-refractivity contribution in [1.29, 1.82) is 0 Å². The molecule has 2 unspecified atom stereocenters. The van der Waals surface area contributed by atoms with Crippen molar-refractivity contribution >= 4 is 5.91 Å². The highest BCUT2D eigenvalue weighted by Gasteiger charge is 2.26. The Kier molecular flexibility index (Phi) is 5.23. The van der Waals surface area contributed by atoms with Gasteiger partial charge >= 0.3 is 0 Å². The molecule has 2 aromatic rings. The van der Waals surface area contributed by atoms with Crippen molar-refractivity contribution in [2.24, 2.45) is 5.92 Å². The Hall–Kier alpha value is -2.14. The summed E-state index contributed by atoms with van der Waals surface area (Å²) in [6.07, 6.45) is 2.67. The molecule has 0 aliphatic carbocycles. The summed E-state index contributed by atoms with van der Waals surface area (Å²) in [5.74, 6) is 0.628. The number of aromatic nitrogens is 2. The molecular weight excluding hydrogens is 312 g/mol. The van der Waals surface area contributed by atoms with Gasteiger partial charge in [-0.1, -0.05) is 38.5 Å². The summed E-state index contributed by atoms with van der Waals surface area (Å²) in [5.41, 5.74) is 3.84. The second-order valence-corrected chi connectivity index (χ2v) is 7.40. The Morgan fingerprint density at radius 3 is 2.68 bits per heavy atom. The SMILES string of the molecule is Cc1ccc(-n2ncc(C(=O)NC3CCNCC3C)c2C(C)C)cc1. The highest BCUT2D eigenvalue weighted by atomic mass is 16.1. The first kappa shape index (κ1) is 17.7. The van der Waals surface area contributed by atoms with Gasteiger partial charge in [-0.2, -0.15) is 5.10 Å². The fourth-order valence-electron chi connectivity index (χ4n) is 3.45. The Labute approximate surface area is 149 Å². The van der Waals surface area contributed by atoms with Crippen LogP contribution < -0.4 is 10.6 Å². The molecular formula is C20H28N4O. The van der Waals surface area contributed by atoms with Crippen LogP contribution in [0.5, 0.6) is 0 Å². The van der Waals surface area contributed by atoms with Gasteiger partial charge in [-0.15, -0.1) is 0 Å². The van der Waals surface area contributed by atoms with E-state index in [0.29, 0.717) is 11.5 Å². The summed E-state index contributed by atoms with van der Waals surface area (Å²) in [5, 5.41) is 11.1. The molecule has 2 N–H and O–H groups in total. The Balaban J connectivity index is 1.88. The average molecular weight is 340 g/mol. The van der Waals surface area contributed by atoms with E-state index >= 15 is 0 Å². The third-order valence-electron chi connectivity index (χ3n) is 4.98. The molecule has 5 heteroatoms. The average Bonchev–Trinajstić information content (AvgIpc) is 3.03. The topological polar surface area (TPSA) is 59.0 Å². The van der Waals surface area contributed by atoms with Crippen molar-refractivity contribution in [2.45, 2.75) is 46.1 Å². The summed E-state index contributed by atoms with van der Waals surface area (Å²) >= 11 is 0. The minimum absolute atomic E-state index is 0.0131. The van der Waals surface area contributed by atoms with E-state index in [2.05, 4.69) is 55.6 Å². The van der Waals surface area contributed by atoms with Gasteiger partial charge in [0.05, 0.1) is 23.1 Å². The van der Waals surface area contributed by atoms with Crippen LogP contribution in [-0.2, 0) is 0 Å². The molecule has 0 saturated carbocycles. The van der Waals surface area contributed by atoms with Crippen molar-refractivity contribution < 1.29 is 4.79 Å². The van der Waals surface area contributed by atoms with Gasteiger partial charge in [0.25, 0.3) is 5.91 Å². The summed E-state index contributed by atoms with van der Waals surface area (Å²) in [6, 6.07) is 8.45. The summed E-state index contributed by atoms with van der Waals surface area (Å²) in [6.45, 7) is 10.3. The number of carbonyl (C=O) groups excluding carboxylic acids is 1. The van der Waals surface area contributed by atoms with E-state index in [-0.39, 0.29) is 17.9 Å². The van der Waals surface area contributed by atoms with Crippen LogP contribution in [0.2, 0.25) is 0 Å². The maximum absolute atomic E-state index is 12.9. The molecule has 1 aliphatic heterocycles. The predicted molar refractivity (Wildman–Crippen MR) is 100 cm³/mol. The number of hydrogen-bond donors (Lipinski definition) is 2. The van der Waals surface area contributed by atoms with Crippen LogP contribution in [0, 0.1) is 12.8 Å². The highest BCUT2D eigenvalue weighted by Crippen LogP contribution is 2.24. The van der Waals surface area contributed by atoms with Crippen LogP contribution in [0.15, 0.2) is 30.5 Å². The lowest BCUT2D eigenvalue weighted by Crippen LogP contribution is -2.48. The fraction of sp³-hybridized carbons (Fsp3) is 0.500. The molecule has 134 valence electrons. The first-order chi connectivity index (χ1) is 12.0. The number of rotatable bonds is 4. The van der Waals surface area contributed by atoms with E-state index in [4.69, 9.17) is 0 Å². The molecule has 2 heterocycles. The van der Waals surface area contributed by atoms with Crippen LogP contribution in [0.25, 0.3) is 5.69 Å². The third kappa shape index (κ3) is 3.76. The van der Waals surface area contributed by atoms with Gasteiger partial charge in [-0.05, 0) is 50.4 Å². The summed E-state index contributed by atoms with van der Waals surface area (Å²) < 4.78 is 1.89. The molecule has 1 fully saturated rings. The van der Waals surface area contributed by atoms with Crippen LogP contribution in [0.4, 0.5) is 0 Å². The zero-order valence-corrected chi connectivity index (χ0v) is 15.5. The fourth-order valence-corrected chi connectivity index (χ4v) is 3.45. The smallest absolute Gasteiger partial charge is 0.255 e. The number of piperidine rings is 1. The Morgan fingerprint density at radius 2 is 2.04 bits per heavy atom. The molecule has 1 aliphatic rings. The maximum Gasteiger partial charge on any atom is 0.255 e.